The number of hydrogen-bond donors (Lipinski definition) is 1. The molecule has 1 heteroatoms. The van der Waals surface area contributed by atoms with Crippen molar-refractivity contribution in [2.24, 2.45) is 11.3 Å². The topological polar surface area (TPSA) is 12.0 Å². The third kappa shape index (κ3) is 5.55. The summed E-state index contributed by atoms with van der Waals surface area (Å²) < 4.78 is 0. The zero-order valence-corrected chi connectivity index (χ0v) is 10.9. The molecule has 0 bridgehead atoms. The minimum atomic E-state index is 0.607. The highest BCUT2D eigenvalue weighted by molar-refractivity contribution is 4.80. The van der Waals surface area contributed by atoms with Gasteiger partial charge in [-0.1, -0.05) is 40.0 Å². The number of nitrogens with one attached hydrogen (secondary N) is 1. The van der Waals surface area contributed by atoms with E-state index in [1.165, 1.54) is 58.0 Å². The molecule has 1 N–H and O–H groups in total. The number of rotatable bonds is 6. The lowest BCUT2D eigenvalue weighted by Gasteiger charge is -2.33. The fraction of sp³-hybridized carbons (Fsp3) is 1.00. The van der Waals surface area contributed by atoms with Gasteiger partial charge >= 0.3 is 0 Å². The van der Waals surface area contributed by atoms with E-state index in [1.807, 2.05) is 0 Å². The summed E-state index contributed by atoms with van der Waals surface area (Å²) >= 11 is 0. The van der Waals surface area contributed by atoms with Crippen molar-refractivity contribution < 1.29 is 0 Å². The summed E-state index contributed by atoms with van der Waals surface area (Å²) in [6.07, 6.45) is 9.93. The molecular formula is C14H29N. The fourth-order valence-corrected chi connectivity index (χ4v) is 2.61. The second-order valence-corrected chi connectivity index (χ2v) is 6.08. The summed E-state index contributed by atoms with van der Waals surface area (Å²) in [4.78, 5) is 0. The molecule has 0 saturated heterocycles. The lowest BCUT2D eigenvalue weighted by atomic mass is 9.76. The van der Waals surface area contributed by atoms with Crippen molar-refractivity contribution in [3.63, 3.8) is 0 Å². The highest BCUT2D eigenvalue weighted by Crippen LogP contribution is 2.34. The van der Waals surface area contributed by atoms with Gasteiger partial charge in [0.1, 0.15) is 0 Å². The normalized spacial score (nSPS) is 20.8. The zero-order chi connectivity index (χ0) is 11.1. The van der Waals surface area contributed by atoms with Crippen LogP contribution in [0.25, 0.3) is 0 Å². The molecule has 0 amide bonds. The Labute approximate surface area is 96.0 Å². The SMILES string of the molecule is CC(C)CCCNCC1(C)CCCCC1. The Morgan fingerprint density at radius 3 is 2.40 bits per heavy atom. The van der Waals surface area contributed by atoms with Crippen molar-refractivity contribution in [2.45, 2.75) is 65.7 Å². The molecule has 0 unspecified atom stereocenters. The van der Waals surface area contributed by atoms with E-state index in [4.69, 9.17) is 0 Å². The van der Waals surface area contributed by atoms with Gasteiger partial charge in [-0.15, -0.1) is 0 Å². The summed E-state index contributed by atoms with van der Waals surface area (Å²) in [6, 6.07) is 0. The molecule has 0 heterocycles. The molecule has 1 aliphatic rings. The second kappa shape index (κ2) is 6.52. The predicted octanol–water partition coefficient (Wildman–Crippen LogP) is 3.98. The van der Waals surface area contributed by atoms with Crippen LogP contribution in [0.3, 0.4) is 0 Å². The molecule has 0 radical (unpaired) electrons. The van der Waals surface area contributed by atoms with E-state index in [0.717, 1.165) is 5.92 Å². The van der Waals surface area contributed by atoms with E-state index < -0.39 is 0 Å². The minimum Gasteiger partial charge on any atom is -0.316 e. The quantitative estimate of drug-likeness (QED) is 0.655. The van der Waals surface area contributed by atoms with Crippen LogP contribution in [0.2, 0.25) is 0 Å². The van der Waals surface area contributed by atoms with Crippen LogP contribution in [-0.4, -0.2) is 13.1 Å². The van der Waals surface area contributed by atoms with E-state index in [2.05, 4.69) is 26.1 Å². The molecule has 0 atom stereocenters. The molecular weight excluding hydrogens is 182 g/mol. The maximum atomic E-state index is 3.65. The van der Waals surface area contributed by atoms with E-state index in [9.17, 15) is 0 Å². The van der Waals surface area contributed by atoms with Gasteiger partial charge in [0.15, 0.2) is 0 Å². The van der Waals surface area contributed by atoms with Gasteiger partial charge < -0.3 is 5.32 Å². The molecule has 1 rings (SSSR count). The van der Waals surface area contributed by atoms with Gasteiger partial charge in [-0.25, -0.2) is 0 Å². The smallest absolute Gasteiger partial charge is 0.000516 e. The van der Waals surface area contributed by atoms with Crippen LogP contribution in [0.5, 0.6) is 0 Å². The van der Waals surface area contributed by atoms with Crippen molar-refractivity contribution in [3.8, 4) is 0 Å². The van der Waals surface area contributed by atoms with Gasteiger partial charge in [0.05, 0.1) is 0 Å². The van der Waals surface area contributed by atoms with E-state index in [-0.39, 0.29) is 0 Å². The molecule has 1 saturated carbocycles. The van der Waals surface area contributed by atoms with Crippen LogP contribution < -0.4 is 5.32 Å². The van der Waals surface area contributed by atoms with Crippen LogP contribution >= 0.6 is 0 Å². The average Bonchev–Trinajstić information content (AvgIpc) is 2.17. The molecule has 1 aliphatic carbocycles. The van der Waals surface area contributed by atoms with Crippen LogP contribution in [0, 0.1) is 11.3 Å². The van der Waals surface area contributed by atoms with Crippen molar-refractivity contribution in [3.05, 3.63) is 0 Å². The molecule has 0 aliphatic heterocycles. The van der Waals surface area contributed by atoms with E-state index in [0.29, 0.717) is 5.41 Å². The Kier molecular flexibility index (Phi) is 5.66. The Morgan fingerprint density at radius 1 is 1.13 bits per heavy atom. The highest BCUT2D eigenvalue weighted by atomic mass is 14.9. The zero-order valence-electron chi connectivity index (χ0n) is 10.9. The average molecular weight is 211 g/mol. The summed E-state index contributed by atoms with van der Waals surface area (Å²) in [7, 11) is 0. The molecule has 90 valence electrons. The minimum absolute atomic E-state index is 0.607. The Bertz CT molecular complexity index is 157. The molecule has 1 fully saturated rings. The maximum Gasteiger partial charge on any atom is 0.000516 e. The third-order valence-corrected chi connectivity index (χ3v) is 3.75. The van der Waals surface area contributed by atoms with Crippen molar-refractivity contribution >= 4 is 0 Å². The predicted molar refractivity (Wildman–Crippen MR) is 68.1 cm³/mol. The van der Waals surface area contributed by atoms with Gasteiger partial charge in [-0.3, -0.25) is 0 Å². The summed E-state index contributed by atoms with van der Waals surface area (Å²) in [5, 5.41) is 3.65. The van der Waals surface area contributed by atoms with Crippen molar-refractivity contribution in [2.75, 3.05) is 13.1 Å². The van der Waals surface area contributed by atoms with Gasteiger partial charge in [0.2, 0.25) is 0 Å². The standard InChI is InChI=1S/C14H29N/c1-13(2)8-7-11-15-12-14(3)9-5-4-6-10-14/h13,15H,4-12H2,1-3H3. The van der Waals surface area contributed by atoms with Crippen LogP contribution in [0.15, 0.2) is 0 Å². The largest absolute Gasteiger partial charge is 0.316 e. The van der Waals surface area contributed by atoms with Crippen LogP contribution in [0.1, 0.15) is 65.7 Å². The lowest BCUT2D eigenvalue weighted by molar-refractivity contribution is 0.207. The maximum absolute atomic E-state index is 3.65. The van der Waals surface area contributed by atoms with E-state index in [1.54, 1.807) is 0 Å². The highest BCUT2D eigenvalue weighted by Gasteiger charge is 2.25. The Balaban J connectivity index is 2.03. The molecule has 1 nitrogen and oxygen atoms in total. The second-order valence-electron chi connectivity index (χ2n) is 6.08. The van der Waals surface area contributed by atoms with E-state index >= 15 is 0 Å². The van der Waals surface area contributed by atoms with Gasteiger partial charge in [-0.2, -0.15) is 0 Å². The first-order chi connectivity index (χ1) is 7.12. The van der Waals surface area contributed by atoms with Crippen LogP contribution in [0.4, 0.5) is 0 Å². The first kappa shape index (κ1) is 13.0. The van der Waals surface area contributed by atoms with Crippen molar-refractivity contribution in [1.82, 2.24) is 5.32 Å². The molecule has 0 aromatic carbocycles. The van der Waals surface area contributed by atoms with Gasteiger partial charge in [0.25, 0.3) is 0 Å². The third-order valence-electron chi connectivity index (χ3n) is 3.75. The van der Waals surface area contributed by atoms with Gasteiger partial charge in [-0.05, 0) is 43.6 Å². The monoisotopic (exact) mass is 211 g/mol. The first-order valence-corrected chi connectivity index (χ1v) is 6.83. The summed E-state index contributed by atoms with van der Waals surface area (Å²) in [5.74, 6) is 0.858. The molecule has 0 spiro atoms. The first-order valence-electron chi connectivity index (χ1n) is 6.83. The number of hydrogen-bond acceptors (Lipinski definition) is 1. The van der Waals surface area contributed by atoms with Crippen LogP contribution in [-0.2, 0) is 0 Å². The molecule has 15 heavy (non-hydrogen) atoms. The Hall–Kier alpha value is -0.0400. The molecule has 0 aromatic heterocycles. The molecule has 0 aromatic rings. The lowest BCUT2D eigenvalue weighted by Crippen LogP contribution is -2.34. The van der Waals surface area contributed by atoms with Crippen molar-refractivity contribution in [1.29, 1.82) is 0 Å². The Morgan fingerprint density at radius 2 is 1.80 bits per heavy atom. The van der Waals surface area contributed by atoms with Gasteiger partial charge in [0, 0.05) is 6.54 Å². The summed E-state index contributed by atoms with van der Waals surface area (Å²) in [5.41, 5.74) is 0.607. The fourth-order valence-electron chi connectivity index (χ4n) is 2.61. The summed E-state index contributed by atoms with van der Waals surface area (Å²) in [6.45, 7) is 9.53.